The molecule has 0 aliphatic heterocycles. The molecular weight excluding hydrogens is 246 g/mol. The van der Waals surface area contributed by atoms with Crippen molar-refractivity contribution in [2.24, 2.45) is 0 Å². The summed E-state index contributed by atoms with van der Waals surface area (Å²) >= 11 is 1.68. The van der Waals surface area contributed by atoms with E-state index in [1.807, 2.05) is 25.3 Å². The van der Waals surface area contributed by atoms with Gasteiger partial charge in [0, 0.05) is 23.5 Å². The van der Waals surface area contributed by atoms with Crippen LogP contribution < -0.4 is 5.32 Å². The van der Waals surface area contributed by atoms with Crippen molar-refractivity contribution in [2.75, 3.05) is 5.32 Å². The molecule has 0 spiro atoms. The van der Waals surface area contributed by atoms with Crippen LogP contribution >= 0.6 is 11.3 Å². The molecule has 5 nitrogen and oxygen atoms in total. The minimum absolute atomic E-state index is 0.656. The van der Waals surface area contributed by atoms with Gasteiger partial charge in [0.15, 0.2) is 5.65 Å². The van der Waals surface area contributed by atoms with Crippen LogP contribution in [0.15, 0.2) is 30.7 Å². The molecule has 0 saturated carbocycles. The van der Waals surface area contributed by atoms with E-state index in [0.717, 1.165) is 22.9 Å². The van der Waals surface area contributed by atoms with Crippen LogP contribution in [-0.2, 0) is 6.54 Å². The first-order valence-electron chi connectivity index (χ1n) is 5.54. The Hall–Kier alpha value is -2.08. The maximum absolute atomic E-state index is 4.40. The minimum atomic E-state index is 0.656. The summed E-state index contributed by atoms with van der Waals surface area (Å²) in [4.78, 5) is 18.2. The maximum atomic E-state index is 4.40. The Kier molecular flexibility index (Phi) is 2.85. The first-order valence-corrected chi connectivity index (χ1v) is 6.36. The number of rotatable bonds is 3. The quantitative estimate of drug-likeness (QED) is 0.780. The third kappa shape index (κ3) is 2.28. The van der Waals surface area contributed by atoms with E-state index in [9.17, 15) is 0 Å². The lowest BCUT2D eigenvalue weighted by Crippen LogP contribution is -2.00. The first kappa shape index (κ1) is 11.0. The average molecular weight is 257 g/mol. The highest BCUT2D eigenvalue weighted by Gasteiger charge is 2.01. The molecule has 3 aromatic heterocycles. The Morgan fingerprint density at radius 1 is 1.17 bits per heavy atom. The van der Waals surface area contributed by atoms with Crippen molar-refractivity contribution in [3.05, 3.63) is 40.6 Å². The van der Waals surface area contributed by atoms with Crippen LogP contribution in [0.2, 0.25) is 0 Å². The average Bonchev–Trinajstić information content (AvgIpc) is 2.82. The molecule has 1 N–H and O–H groups in total. The van der Waals surface area contributed by atoms with Gasteiger partial charge >= 0.3 is 0 Å². The number of nitrogens with zero attached hydrogens (tertiary/aromatic N) is 4. The second-order valence-electron chi connectivity index (χ2n) is 3.79. The normalized spacial score (nSPS) is 10.7. The molecule has 0 saturated heterocycles. The van der Waals surface area contributed by atoms with Gasteiger partial charge in [-0.1, -0.05) is 0 Å². The topological polar surface area (TPSA) is 63.6 Å². The summed E-state index contributed by atoms with van der Waals surface area (Å²) in [6.07, 6.45) is 5.19. The van der Waals surface area contributed by atoms with E-state index in [4.69, 9.17) is 0 Å². The molecule has 0 radical (unpaired) electrons. The summed E-state index contributed by atoms with van der Waals surface area (Å²) in [6.45, 7) is 2.72. The van der Waals surface area contributed by atoms with Gasteiger partial charge < -0.3 is 5.32 Å². The van der Waals surface area contributed by atoms with Crippen molar-refractivity contribution in [2.45, 2.75) is 13.5 Å². The summed E-state index contributed by atoms with van der Waals surface area (Å²) in [5.74, 6) is 0.800. The van der Waals surface area contributed by atoms with Crippen molar-refractivity contribution in [3.63, 3.8) is 0 Å². The highest BCUT2D eigenvalue weighted by Crippen LogP contribution is 2.15. The van der Waals surface area contributed by atoms with Crippen molar-refractivity contribution < 1.29 is 0 Å². The highest BCUT2D eigenvalue weighted by atomic mass is 32.1. The molecule has 0 aromatic carbocycles. The number of fused-ring (bicyclic) bond motifs is 1. The van der Waals surface area contributed by atoms with Crippen LogP contribution in [-0.4, -0.2) is 19.9 Å². The molecule has 6 heteroatoms. The van der Waals surface area contributed by atoms with E-state index in [0.29, 0.717) is 5.65 Å². The van der Waals surface area contributed by atoms with E-state index in [-0.39, 0.29) is 0 Å². The van der Waals surface area contributed by atoms with Crippen molar-refractivity contribution >= 4 is 28.3 Å². The first-order chi connectivity index (χ1) is 8.81. The van der Waals surface area contributed by atoms with Crippen LogP contribution in [0.1, 0.15) is 9.88 Å². The summed E-state index contributed by atoms with van der Waals surface area (Å²) in [6, 6.07) is 3.82. The van der Waals surface area contributed by atoms with Crippen molar-refractivity contribution in [1.29, 1.82) is 0 Å². The summed E-state index contributed by atoms with van der Waals surface area (Å²) in [7, 11) is 0. The van der Waals surface area contributed by atoms with Gasteiger partial charge in [0.2, 0.25) is 0 Å². The number of anilines is 1. The number of hydrogen-bond acceptors (Lipinski definition) is 6. The molecule has 0 amide bonds. The number of nitrogens with one attached hydrogen (secondary N) is 1. The zero-order valence-electron chi connectivity index (χ0n) is 9.79. The largest absolute Gasteiger partial charge is 0.365 e. The smallest absolute Gasteiger partial charge is 0.180 e. The molecule has 0 bridgehead atoms. The lowest BCUT2D eigenvalue weighted by Gasteiger charge is -2.03. The Balaban J connectivity index is 1.78. The van der Waals surface area contributed by atoms with Crippen LogP contribution in [0, 0.1) is 6.92 Å². The predicted molar refractivity (Wildman–Crippen MR) is 71.5 cm³/mol. The van der Waals surface area contributed by atoms with Crippen molar-refractivity contribution in [3.8, 4) is 0 Å². The van der Waals surface area contributed by atoms with Crippen LogP contribution in [0.4, 0.5) is 5.82 Å². The van der Waals surface area contributed by atoms with E-state index >= 15 is 0 Å². The van der Waals surface area contributed by atoms with Gasteiger partial charge in [0.1, 0.15) is 11.3 Å². The van der Waals surface area contributed by atoms with E-state index in [2.05, 4.69) is 25.3 Å². The molecule has 0 aliphatic carbocycles. The van der Waals surface area contributed by atoms with Gasteiger partial charge in [-0.2, -0.15) is 0 Å². The fourth-order valence-electron chi connectivity index (χ4n) is 1.62. The third-order valence-electron chi connectivity index (χ3n) is 2.44. The van der Waals surface area contributed by atoms with E-state index < -0.39 is 0 Å². The molecule has 0 unspecified atom stereocenters. The second kappa shape index (κ2) is 4.66. The Morgan fingerprint density at radius 3 is 2.89 bits per heavy atom. The van der Waals surface area contributed by atoms with Gasteiger partial charge in [0.25, 0.3) is 0 Å². The van der Waals surface area contributed by atoms with Crippen LogP contribution in [0.3, 0.4) is 0 Å². The Labute approximate surface area is 108 Å². The molecule has 3 heterocycles. The fourth-order valence-corrected chi connectivity index (χ4v) is 2.35. The predicted octanol–water partition coefficient (Wildman–Crippen LogP) is 2.40. The Bertz CT molecular complexity index is 679. The zero-order valence-corrected chi connectivity index (χ0v) is 10.6. The summed E-state index contributed by atoms with van der Waals surface area (Å²) < 4.78 is 0. The Morgan fingerprint density at radius 2 is 2.06 bits per heavy atom. The molecule has 0 atom stereocenters. The number of hydrogen-bond donors (Lipinski definition) is 1. The summed E-state index contributed by atoms with van der Waals surface area (Å²) in [5, 5.41) is 4.33. The lowest BCUT2D eigenvalue weighted by molar-refractivity contribution is 1.12. The SMILES string of the molecule is Cc1ncc(CNc2ccc3nccnc3n2)s1. The number of aromatic nitrogens is 4. The fraction of sp³-hybridized carbons (Fsp3) is 0.167. The van der Waals surface area contributed by atoms with E-state index in [1.165, 1.54) is 4.88 Å². The number of pyridine rings is 1. The van der Waals surface area contributed by atoms with Crippen LogP contribution in [0.25, 0.3) is 11.2 Å². The van der Waals surface area contributed by atoms with Gasteiger partial charge in [-0.15, -0.1) is 11.3 Å². The van der Waals surface area contributed by atoms with Gasteiger partial charge in [-0.3, -0.25) is 4.98 Å². The third-order valence-corrected chi connectivity index (χ3v) is 3.36. The standard InChI is InChI=1S/C12H11N5S/c1-8-15-6-9(18-8)7-16-11-3-2-10-12(17-11)14-5-4-13-10/h2-6H,7H2,1H3,(H,14,16,17). The van der Waals surface area contributed by atoms with Crippen molar-refractivity contribution in [1.82, 2.24) is 19.9 Å². The van der Waals surface area contributed by atoms with Crippen LogP contribution in [0.5, 0.6) is 0 Å². The van der Waals surface area contributed by atoms with E-state index in [1.54, 1.807) is 23.7 Å². The minimum Gasteiger partial charge on any atom is -0.365 e. The molecule has 3 aromatic rings. The molecule has 3 rings (SSSR count). The maximum Gasteiger partial charge on any atom is 0.180 e. The van der Waals surface area contributed by atoms with Gasteiger partial charge in [-0.05, 0) is 19.1 Å². The number of thiazole rings is 1. The number of aryl methyl sites for hydroxylation is 1. The lowest BCUT2D eigenvalue weighted by atomic mass is 10.4. The monoisotopic (exact) mass is 257 g/mol. The molecule has 0 aliphatic rings. The molecule has 90 valence electrons. The van der Waals surface area contributed by atoms with Gasteiger partial charge in [0.05, 0.1) is 11.6 Å². The second-order valence-corrected chi connectivity index (χ2v) is 5.11. The molecule has 0 fully saturated rings. The molecular formula is C12H11N5S. The zero-order chi connectivity index (χ0) is 12.4. The molecule has 18 heavy (non-hydrogen) atoms. The highest BCUT2D eigenvalue weighted by molar-refractivity contribution is 7.11. The van der Waals surface area contributed by atoms with Gasteiger partial charge in [-0.25, -0.2) is 15.0 Å². The summed E-state index contributed by atoms with van der Waals surface area (Å²) in [5.41, 5.74) is 1.46.